The second-order valence-electron chi connectivity index (χ2n) is 3.34. The fourth-order valence-electron chi connectivity index (χ4n) is 1.32. The predicted molar refractivity (Wildman–Crippen MR) is 57.8 cm³/mol. The molecule has 0 saturated carbocycles. The molecule has 1 aliphatic heterocycles. The van der Waals surface area contributed by atoms with Gasteiger partial charge < -0.3 is 5.11 Å². The molecular formula is C9H11N5O2. The van der Waals surface area contributed by atoms with Crippen LogP contribution in [0.25, 0.3) is 0 Å². The van der Waals surface area contributed by atoms with Gasteiger partial charge in [-0.1, -0.05) is 0 Å². The molecule has 0 bridgehead atoms. The molecule has 16 heavy (non-hydrogen) atoms. The molecule has 0 spiro atoms. The van der Waals surface area contributed by atoms with Crippen molar-refractivity contribution in [2.45, 2.75) is 13.0 Å². The van der Waals surface area contributed by atoms with Crippen molar-refractivity contribution < 1.29 is 9.90 Å². The van der Waals surface area contributed by atoms with Crippen LogP contribution in [0.4, 0.5) is 11.5 Å². The van der Waals surface area contributed by atoms with E-state index in [2.05, 4.69) is 20.4 Å². The normalized spacial score (nSPS) is 15.7. The van der Waals surface area contributed by atoms with Gasteiger partial charge >= 0.3 is 5.97 Å². The third-order valence-corrected chi connectivity index (χ3v) is 2.14. The summed E-state index contributed by atoms with van der Waals surface area (Å²) in [7, 11) is 0. The second kappa shape index (κ2) is 4.23. The first-order chi connectivity index (χ1) is 7.68. The number of aromatic nitrogens is 2. The summed E-state index contributed by atoms with van der Waals surface area (Å²) >= 11 is 0. The standard InChI is InChI=1S/C9H11N5O2/c1-6(9(15)16)13-14-3-2-11-7-4-10-5-12-8(7)14/h2,4-6,13H,3H2,1H3,(H,15,16). The lowest BCUT2D eigenvalue weighted by Crippen LogP contribution is -2.49. The Bertz CT molecular complexity index is 434. The van der Waals surface area contributed by atoms with Crippen molar-refractivity contribution in [1.82, 2.24) is 15.4 Å². The van der Waals surface area contributed by atoms with Gasteiger partial charge in [-0.05, 0) is 6.92 Å². The molecule has 2 heterocycles. The van der Waals surface area contributed by atoms with Crippen LogP contribution in [0.5, 0.6) is 0 Å². The topological polar surface area (TPSA) is 90.7 Å². The van der Waals surface area contributed by atoms with Crippen LogP contribution in [-0.2, 0) is 4.79 Å². The molecule has 0 aromatic carbocycles. The van der Waals surface area contributed by atoms with Crippen LogP contribution in [0.3, 0.4) is 0 Å². The van der Waals surface area contributed by atoms with Gasteiger partial charge in [0.15, 0.2) is 5.82 Å². The summed E-state index contributed by atoms with van der Waals surface area (Å²) < 4.78 is 0. The van der Waals surface area contributed by atoms with Gasteiger partial charge in [0, 0.05) is 6.21 Å². The summed E-state index contributed by atoms with van der Waals surface area (Å²) in [4.78, 5) is 22.8. The van der Waals surface area contributed by atoms with E-state index in [4.69, 9.17) is 5.11 Å². The highest BCUT2D eigenvalue weighted by Gasteiger charge is 2.20. The van der Waals surface area contributed by atoms with E-state index in [1.165, 1.54) is 6.33 Å². The van der Waals surface area contributed by atoms with Crippen LogP contribution in [-0.4, -0.2) is 39.8 Å². The van der Waals surface area contributed by atoms with Gasteiger partial charge in [0.2, 0.25) is 0 Å². The van der Waals surface area contributed by atoms with E-state index in [1.807, 2.05) is 0 Å². The number of fused-ring (bicyclic) bond motifs is 1. The first-order valence-electron chi connectivity index (χ1n) is 4.77. The number of aliphatic carboxylic acids is 1. The molecular weight excluding hydrogens is 210 g/mol. The Morgan fingerprint density at radius 1 is 1.69 bits per heavy atom. The van der Waals surface area contributed by atoms with Crippen LogP contribution < -0.4 is 10.4 Å². The van der Waals surface area contributed by atoms with Crippen molar-refractivity contribution in [3.8, 4) is 0 Å². The first-order valence-corrected chi connectivity index (χ1v) is 4.77. The van der Waals surface area contributed by atoms with Gasteiger partial charge in [-0.25, -0.2) is 15.4 Å². The Balaban J connectivity index is 2.19. The molecule has 7 nitrogen and oxygen atoms in total. The zero-order chi connectivity index (χ0) is 11.5. The van der Waals surface area contributed by atoms with Gasteiger partial charge in [-0.15, -0.1) is 0 Å². The molecule has 1 atom stereocenters. The molecule has 1 aromatic heterocycles. The number of rotatable bonds is 3. The maximum Gasteiger partial charge on any atom is 0.322 e. The third-order valence-electron chi connectivity index (χ3n) is 2.14. The minimum absolute atomic E-state index is 0.474. The number of carbonyl (C=O) groups is 1. The van der Waals surface area contributed by atoms with Crippen LogP contribution in [0, 0.1) is 0 Å². The zero-order valence-electron chi connectivity index (χ0n) is 8.66. The fraction of sp³-hybridized carbons (Fsp3) is 0.333. The van der Waals surface area contributed by atoms with Crippen molar-refractivity contribution in [2.75, 3.05) is 11.6 Å². The number of anilines is 1. The summed E-state index contributed by atoms with van der Waals surface area (Å²) in [6.07, 6.45) is 4.66. The molecule has 2 N–H and O–H groups in total. The smallest absolute Gasteiger partial charge is 0.322 e. The first kappa shape index (κ1) is 10.5. The number of hydrogen-bond donors (Lipinski definition) is 2. The van der Waals surface area contributed by atoms with Crippen molar-refractivity contribution in [3.05, 3.63) is 12.5 Å². The number of nitrogens with zero attached hydrogens (tertiary/aromatic N) is 4. The fourth-order valence-corrected chi connectivity index (χ4v) is 1.32. The molecule has 0 aliphatic carbocycles. The number of carboxylic acids is 1. The number of aliphatic imine (C=N–C) groups is 1. The van der Waals surface area contributed by atoms with Crippen molar-refractivity contribution in [2.24, 2.45) is 4.99 Å². The van der Waals surface area contributed by atoms with Gasteiger partial charge in [0.1, 0.15) is 18.1 Å². The highest BCUT2D eigenvalue weighted by molar-refractivity contribution is 5.79. The summed E-state index contributed by atoms with van der Waals surface area (Å²) in [6.45, 7) is 2.04. The molecule has 1 aromatic rings. The van der Waals surface area contributed by atoms with Gasteiger partial charge in [0.25, 0.3) is 0 Å². The highest BCUT2D eigenvalue weighted by Crippen LogP contribution is 2.25. The monoisotopic (exact) mass is 221 g/mol. The molecule has 0 amide bonds. The van der Waals surface area contributed by atoms with Crippen LogP contribution in [0.2, 0.25) is 0 Å². The molecule has 0 fully saturated rings. The Hall–Kier alpha value is -2.02. The Kier molecular flexibility index (Phi) is 2.78. The van der Waals surface area contributed by atoms with Crippen LogP contribution in [0.1, 0.15) is 6.92 Å². The second-order valence-corrected chi connectivity index (χ2v) is 3.34. The van der Waals surface area contributed by atoms with E-state index in [-0.39, 0.29) is 0 Å². The Labute approximate surface area is 91.8 Å². The lowest BCUT2D eigenvalue weighted by atomic mass is 10.3. The average molecular weight is 221 g/mol. The van der Waals surface area contributed by atoms with E-state index in [0.29, 0.717) is 18.1 Å². The van der Waals surface area contributed by atoms with Crippen molar-refractivity contribution in [3.63, 3.8) is 0 Å². The molecule has 0 saturated heterocycles. The summed E-state index contributed by atoms with van der Waals surface area (Å²) in [5.41, 5.74) is 3.45. The molecule has 84 valence electrons. The van der Waals surface area contributed by atoms with E-state index < -0.39 is 12.0 Å². The minimum atomic E-state index is -0.918. The largest absolute Gasteiger partial charge is 0.480 e. The lowest BCUT2D eigenvalue weighted by molar-refractivity contribution is -0.139. The van der Waals surface area contributed by atoms with E-state index in [0.717, 1.165) is 0 Å². The van der Waals surface area contributed by atoms with Crippen LogP contribution >= 0.6 is 0 Å². The predicted octanol–water partition coefficient (Wildman–Crippen LogP) is -0.0234. The summed E-state index contributed by atoms with van der Waals surface area (Å²) in [6, 6.07) is -0.686. The zero-order valence-corrected chi connectivity index (χ0v) is 8.66. The van der Waals surface area contributed by atoms with E-state index in [1.54, 1.807) is 24.3 Å². The lowest BCUT2D eigenvalue weighted by Gasteiger charge is -2.27. The summed E-state index contributed by atoms with van der Waals surface area (Å²) in [5.74, 6) is -0.330. The van der Waals surface area contributed by atoms with Crippen LogP contribution in [0.15, 0.2) is 17.5 Å². The van der Waals surface area contributed by atoms with Gasteiger partial charge in [-0.3, -0.25) is 14.8 Å². The molecule has 7 heteroatoms. The van der Waals surface area contributed by atoms with Gasteiger partial charge in [-0.2, -0.15) is 0 Å². The number of hydrazine groups is 1. The van der Waals surface area contributed by atoms with E-state index >= 15 is 0 Å². The number of nitrogens with one attached hydrogen (secondary N) is 1. The van der Waals surface area contributed by atoms with Crippen molar-refractivity contribution in [1.29, 1.82) is 0 Å². The molecule has 2 rings (SSSR count). The summed E-state index contributed by atoms with van der Waals surface area (Å²) in [5, 5.41) is 10.4. The highest BCUT2D eigenvalue weighted by atomic mass is 16.4. The number of hydrogen-bond acceptors (Lipinski definition) is 6. The maximum atomic E-state index is 10.7. The Morgan fingerprint density at radius 3 is 3.25 bits per heavy atom. The molecule has 1 aliphatic rings. The minimum Gasteiger partial charge on any atom is -0.480 e. The Morgan fingerprint density at radius 2 is 2.50 bits per heavy atom. The average Bonchev–Trinajstić information content (AvgIpc) is 2.29. The maximum absolute atomic E-state index is 10.7. The van der Waals surface area contributed by atoms with Gasteiger partial charge in [0.05, 0.1) is 12.7 Å². The third kappa shape index (κ3) is 1.98. The number of carboxylic acid groups (broad SMARTS) is 1. The molecule has 0 radical (unpaired) electrons. The SMILES string of the molecule is CC(NN1CC=Nc2cncnc21)C(=O)O. The molecule has 1 unspecified atom stereocenters. The van der Waals surface area contributed by atoms with E-state index in [9.17, 15) is 4.79 Å². The van der Waals surface area contributed by atoms with Crippen molar-refractivity contribution >= 4 is 23.7 Å². The quantitative estimate of drug-likeness (QED) is 0.745.